The van der Waals surface area contributed by atoms with Crippen LogP contribution in [0, 0.1) is 0 Å². The van der Waals surface area contributed by atoms with Gasteiger partial charge < -0.3 is 14.7 Å². The Kier molecular flexibility index (Phi) is 4.93. The Hall–Kier alpha value is -2.34. The molecule has 7 heteroatoms. The summed E-state index contributed by atoms with van der Waals surface area (Å²) in [6.45, 7) is 4.94. The number of piperazine rings is 1. The summed E-state index contributed by atoms with van der Waals surface area (Å²) in [5.41, 5.74) is 1.52. The second-order valence-electron chi connectivity index (χ2n) is 6.73. The van der Waals surface area contributed by atoms with Crippen LogP contribution >= 0.6 is 11.6 Å². The SMILES string of the molecule is O=C(c1ccc(N2CCCC2)nn1)N1CCN(c2cccc(Cl)c2)CC1. The predicted octanol–water partition coefficient (Wildman–Crippen LogP) is 2.69. The number of nitrogens with zero attached hydrogens (tertiary/aromatic N) is 5. The molecular weight excluding hydrogens is 350 g/mol. The highest BCUT2D eigenvalue weighted by Gasteiger charge is 2.24. The zero-order chi connectivity index (χ0) is 17.9. The van der Waals surface area contributed by atoms with Gasteiger partial charge in [0.05, 0.1) is 0 Å². The standard InChI is InChI=1S/C19H22ClN5O/c20-15-4-3-5-16(14-15)23-10-12-25(13-11-23)19(26)17-6-7-18(22-21-17)24-8-1-2-9-24/h3-7,14H,1-2,8-13H2. The van der Waals surface area contributed by atoms with E-state index in [1.165, 1.54) is 12.8 Å². The van der Waals surface area contributed by atoms with Gasteiger partial charge in [0.15, 0.2) is 11.5 Å². The first kappa shape index (κ1) is 17.1. The van der Waals surface area contributed by atoms with E-state index in [0.717, 1.165) is 42.7 Å². The van der Waals surface area contributed by atoms with Gasteiger partial charge in [0, 0.05) is 50.0 Å². The van der Waals surface area contributed by atoms with Gasteiger partial charge in [-0.05, 0) is 43.2 Å². The number of benzene rings is 1. The predicted molar refractivity (Wildman–Crippen MR) is 103 cm³/mol. The van der Waals surface area contributed by atoms with Gasteiger partial charge in [-0.15, -0.1) is 10.2 Å². The second-order valence-corrected chi connectivity index (χ2v) is 7.17. The summed E-state index contributed by atoms with van der Waals surface area (Å²) in [7, 11) is 0. The summed E-state index contributed by atoms with van der Waals surface area (Å²) in [4.78, 5) is 19.0. The number of rotatable bonds is 3. The molecule has 2 aliphatic heterocycles. The number of amides is 1. The molecule has 1 aromatic heterocycles. The van der Waals surface area contributed by atoms with Gasteiger partial charge in [-0.25, -0.2) is 0 Å². The second kappa shape index (κ2) is 7.50. The first-order chi connectivity index (χ1) is 12.7. The van der Waals surface area contributed by atoms with Gasteiger partial charge in [0.25, 0.3) is 5.91 Å². The molecule has 3 heterocycles. The van der Waals surface area contributed by atoms with E-state index in [-0.39, 0.29) is 5.91 Å². The van der Waals surface area contributed by atoms with Crippen LogP contribution in [0.4, 0.5) is 11.5 Å². The van der Waals surface area contributed by atoms with Gasteiger partial charge in [0.1, 0.15) is 0 Å². The lowest BCUT2D eigenvalue weighted by molar-refractivity contribution is 0.0739. The van der Waals surface area contributed by atoms with E-state index in [2.05, 4.69) is 20.0 Å². The van der Waals surface area contributed by atoms with Crippen molar-refractivity contribution < 1.29 is 4.79 Å². The number of hydrogen-bond acceptors (Lipinski definition) is 5. The fraction of sp³-hybridized carbons (Fsp3) is 0.421. The van der Waals surface area contributed by atoms with E-state index in [4.69, 9.17) is 11.6 Å². The fourth-order valence-corrected chi connectivity index (χ4v) is 3.74. The van der Waals surface area contributed by atoms with Gasteiger partial charge >= 0.3 is 0 Å². The molecule has 1 amide bonds. The minimum atomic E-state index is -0.0452. The third-order valence-electron chi connectivity index (χ3n) is 5.04. The Bertz CT molecular complexity index is 768. The summed E-state index contributed by atoms with van der Waals surface area (Å²) in [6.07, 6.45) is 2.39. The zero-order valence-electron chi connectivity index (χ0n) is 14.6. The molecule has 6 nitrogen and oxygen atoms in total. The first-order valence-electron chi connectivity index (χ1n) is 9.09. The van der Waals surface area contributed by atoms with E-state index in [9.17, 15) is 4.79 Å². The zero-order valence-corrected chi connectivity index (χ0v) is 15.4. The van der Waals surface area contributed by atoms with Crippen LogP contribution in [0.25, 0.3) is 0 Å². The smallest absolute Gasteiger partial charge is 0.274 e. The monoisotopic (exact) mass is 371 g/mol. The van der Waals surface area contributed by atoms with Crippen LogP contribution < -0.4 is 9.80 Å². The van der Waals surface area contributed by atoms with Crippen LogP contribution in [0.2, 0.25) is 5.02 Å². The molecule has 0 spiro atoms. The van der Waals surface area contributed by atoms with Crippen LogP contribution in [0.1, 0.15) is 23.3 Å². The summed E-state index contributed by atoms with van der Waals surface area (Å²) in [5, 5.41) is 9.16. The van der Waals surface area contributed by atoms with Crippen LogP contribution in [0.5, 0.6) is 0 Å². The normalized spacial score (nSPS) is 17.7. The summed E-state index contributed by atoms with van der Waals surface area (Å²) in [6, 6.07) is 11.5. The average Bonchev–Trinajstić information content (AvgIpc) is 3.23. The molecule has 0 N–H and O–H groups in total. The molecule has 1 aromatic carbocycles. The minimum Gasteiger partial charge on any atom is -0.368 e. The van der Waals surface area contributed by atoms with Crippen LogP contribution in [0.15, 0.2) is 36.4 Å². The first-order valence-corrected chi connectivity index (χ1v) is 9.47. The maximum atomic E-state index is 12.7. The van der Waals surface area contributed by atoms with Crippen LogP contribution in [-0.4, -0.2) is 60.3 Å². The molecule has 0 aliphatic carbocycles. The largest absolute Gasteiger partial charge is 0.368 e. The molecule has 136 valence electrons. The lowest BCUT2D eigenvalue weighted by Gasteiger charge is -2.36. The van der Waals surface area contributed by atoms with Gasteiger partial charge in [-0.3, -0.25) is 4.79 Å². The third-order valence-corrected chi connectivity index (χ3v) is 5.27. The third kappa shape index (κ3) is 3.60. The number of aromatic nitrogens is 2. The lowest BCUT2D eigenvalue weighted by atomic mass is 10.2. The van der Waals surface area contributed by atoms with Crippen molar-refractivity contribution in [3.8, 4) is 0 Å². The average molecular weight is 372 g/mol. The molecule has 2 aromatic rings. The van der Waals surface area contributed by atoms with E-state index in [0.29, 0.717) is 18.8 Å². The highest BCUT2D eigenvalue weighted by Crippen LogP contribution is 2.21. The Labute approximate surface area is 158 Å². The van der Waals surface area contributed by atoms with Crippen molar-refractivity contribution in [2.24, 2.45) is 0 Å². The van der Waals surface area contributed by atoms with Crippen molar-refractivity contribution in [1.82, 2.24) is 15.1 Å². The number of carbonyl (C=O) groups is 1. The number of carbonyl (C=O) groups excluding carboxylic acids is 1. The maximum absolute atomic E-state index is 12.7. The molecule has 0 unspecified atom stereocenters. The highest BCUT2D eigenvalue weighted by atomic mass is 35.5. The molecule has 2 aliphatic rings. The lowest BCUT2D eigenvalue weighted by Crippen LogP contribution is -2.49. The molecule has 0 saturated carbocycles. The van der Waals surface area contributed by atoms with Crippen molar-refractivity contribution in [2.75, 3.05) is 49.1 Å². The summed E-state index contributed by atoms with van der Waals surface area (Å²) >= 11 is 6.07. The molecule has 2 saturated heterocycles. The van der Waals surface area contributed by atoms with Gasteiger partial charge in [-0.1, -0.05) is 17.7 Å². The van der Waals surface area contributed by atoms with E-state index in [1.54, 1.807) is 6.07 Å². The number of halogens is 1. The Morgan fingerprint density at radius 2 is 1.65 bits per heavy atom. The van der Waals surface area contributed by atoms with Crippen molar-refractivity contribution in [1.29, 1.82) is 0 Å². The molecular formula is C19H22ClN5O. The molecule has 4 rings (SSSR count). The van der Waals surface area contributed by atoms with Crippen molar-refractivity contribution in [2.45, 2.75) is 12.8 Å². The van der Waals surface area contributed by atoms with Crippen LogP contribution in [0.3, 0.4) is 0 Å². The molecule has 26 heavy (non-hydrogen) atoms. The maximum Gasteiger partial charge on any atom is 0.274 e. The summed E-state index contributed by atoms with van der Waals surface area (Å²) in [5.74, 6) is 0.820. The van der Waals surface area contributed by atoms with Crippen molar-refractivity contribution in [3.63, 3.8) is 0 Å². The van der Waals surface area contributed by atoms with E-state index in [1.807, 2.05) is 35.2 Å². The van der Waals surface area contributed by atoms with Crippen LogP contribution in [-0.2, 0) is 0 Å². The number of hydrogen-bond donors (Lipinski definition) is 0. The summed E-state index contributed by atoms with van der Waals surface area (Å²) < 4.78 is 0. The molecule has 2 fully saturated rings. The fourth-order valence-electron chi connectivity index (χ4n) is 3.56. The Morgan fingerprint density at radius 3 is 2.31 bits per heavy atom. The quantitative estimate of drug-likeness (QED) is 0.830. The number of anilines is 2. The molecule has 0 radical (unpaired) electrons. The Balaban J connectivity index is 1.37. The molecule has 0 bridgehead atoms. The molecule has 0 atom stereocenters. The Morgan fingerprint density at radius 1 is 0.885 bits per heavy atom. The minimum absolute atomic E-state index is 0.0452. The van der Waals surface area contributed by atoms with Gasteiger partial charge in [-0.2, -0.15) is 0 Å². The van der Waals surface area contributed by atoms with E-state index < -0.39 is 0 Å². The van der Waals surface area contributed by atoms with E-state index >= 15 is 0 Å². The van der Waals surface area contributed by atoms with Crippen molar-refractivity contribution in [3.05, 3.63) is 47.1 Å². The van der Waals surface area contributed by atoms with Crippen molar-refractivity contribution >= 4 is 29.0 Å². The topological polar surface area (TPSA) is 52.6 Å². The van der Waals surface area contributed by atoms with Gasteiger partial charge in [0.2, 0.25) is 0 Å². The highest BCUT2D eigenvalue weighted by molar-refractivity contribution is 6.30.